The van der Waals surface area contributed by atoms with Gasteiger partial charge in [0.15, 0.2) is 8.32 Å². The van der Waals surface area contributed by atoms with E-state index >= 15 is 0 Å². The van der Waals surface area contributed by atoms with Crippen LogP contribution in [0.25, 0.3) is 0 Å². The molecule has 2 aliphatic rings. The average molecular weight is 341 g/mol. The van der Waals surface area contributed by atoms with Gasteiger partial charge in [-0.3, -0.25) is 4.79 Å². The first-order chi connectivity index (χ1) is 10.5. The molecule has 23 heavy (non-hydrogen) atoms. The second kappa shape index (κ2) is 6.85. The predicted molar refractivity (Wildman–Crippen MR) is 97.8 cm³/mol. The zero-order valence-corrected chi connectivity index (χ0v) is 16.8. The molecule has 0 atom stereocenters. The fourth-order valence-corrected chi connectivity index (χ4v) is 5.17. The smallest absolute Gasteiger partial charge is 0.220 e. The fraction of sp³-hybridized carbons (Fsp3) is 0.944. The van der Waals surface area contributed by atoms with Crippen molar-refractivity contribution in [2.75, 3.05) is 19.6 Å². The lowest BCUT2D eigenvalue weighted by atomic mass is 9.77. The molecule has 134 valence electrons. The van der Waals surface area contributed by atoms with Crippen molar-refractivity contribution in [1.29, 1.82) is 0 Å². The summed E-state index contributed by atoms with van der Waals surface area (Å²) in [5, 5.41) is 0.273. The minimum absolute atomic E-state index is 0.0902. The molecule has 1 amide bonds. The molecule has 1 aliphatic heterocycles. The van der Waals surface area contributed by atoms with E-state index < -0.39 is 8.32 Å². The van der Waals surface area contributed by atoms with E-state index in [9.17, 15) is 4.79 Å². The molecule has 2 rings (SSSR count). The normalized spacial score (nSPS) is 23.5. The Kier molecular flexibility index (Phi) is 5.64. The van der Waals surface area contributed by atoms with Crippen molar-refractivity contribution in [3.63, 3.8) is 0 Å². The first-order valence-corrected chi connectivity index (χ1v) is 12.2. The third-order valence-corrected chi connectivity index (χ3v) is 11.0. The van der Waals surface area contributed by atoms with Crippen LogP contribution in [0.1, 0.15) is 59.3 Å². The van der Waals surface area contributed by atoms with Gasteiger partial charge in [-0.1, -0.05) is 20.8 Å². The van der Waals surface area contributed by atoms with Gasteiger partial charge in [-0.15, -0.1) is 0 Å². The molecular weight excluding hydrogens is 304 g/mol. The molecule has 0 bridgehead atoms. The van der Waals surface area contributed by atoms with Crippen LogP contribution in [0.3, 0.4) is 0 Å². The van der Waals surface area contributed by atoms with Crippen molar-refractivity contribution in [2.24, 2.45) is 11.7 Å². The highest BCUT2D eigenvalue weighted by Crippen LogP contribution is 2.46. The number of rotatable bonds is 6. The van der Waals surface area contributed by atoms with Crippen molar-refractivity contribution in [1.82, 2.24) is 4.90 Å². The number of nitrogens with zero attached hydrogens (tertiary/aromatic N) is 1. The summed E-state index contributed by atoms with van der Waals surface area (Å²) >= 11 is 0. The summed E-state index contributed by atoms with van der Waals surface area (Å²) in [5.41, 5.74) is 5.55. The molecule has 0 aromatic rings. The number of hydrogen-bond donors (Lipinski definition) is 1. The van der Waals surface area contributed by atoms with Gasteiger partial charge in [0.1, 0.15) is 0 Å². The van der Waals surface area contributed by atoms with Crippen LogP contribution in [0, 0.1) is 5.92 Å². The highest BCUT2D eigenvalue weighted by Gasteiger charge is 2.47. The quantitative estimate of drug-likeness (QED) is 0.753. The Labute approximate surface area is 143 Å². The van der Waals surface area contributed by atoms with Crippen molar-refractivity contribution >= 4 is 14.2 Å². The summed E-state index contributed by atoms with van der Waals surface area (Å²) in [5.74, 6) is -0.0335. The van der Waals surface area contributed by atoms with Gasteiger partial charge in [0.25, 0.3) is 0 Å². The summed E-state index contributed by atoms with van der Waals surface area (Å²) in [7, 11) is -1.70. The number of carbonyl (C=O) groups is 1. The van der Waals surface area contributed by atoms with Gasteiger partial charge in [0.05, 0.1) is 5.60 Å². The Morgan fingerprint density at radius 3 is 2.22 bits per heavy atom. The molecule has 0 aromatic heterocycles. The largest absolute Gasteiger partial charge is 0.411 e. The van der Waals surface area contributed by atoms with Crippen LogP contribution >= 0.6 is 0 Å². The van der Waals surface area contributed by atoms with Crippen molar-refractivity contribution < 1.29 is 9.22 Å². The van der Waals surface area contributed by atoms with E-state index in [2.05, 4.69) is 38.8 Å². The number of likely N-dealkylation sites (tertiary alicyclic amines) is 1. The maximum Gasteiger partial charge on any atom is 0.220 e. The molecule has 5 heteroatoms. The van der Waals surface area contributed by atoms with Crippen LogP contribution in [-0.2, 0) is 9.22 Å². The Balaban J connectivity index is 1.85. The van der Waals surface area contributed by atoms with Gasteiger partial charge in [0, 0.05) is 12.5 Å². The number of amides is 1. The second-order valence-electron chi connectivity index (χ2n) is 9.17. The van der Waals surface area contributed by atoms with E-state index in [1.54, 1.807) is 0 Å². The molecule has 0 radical (unpaired) electrons. The summed E-state index contributed by atoms with van der Waals surface area (Å²) in [6, 6.07) is 0. The average Bonchev–Trinajstić information content (AvgIpc) is 2.40. The topological polar surface area (TPSA) is 55.6 Å². The third-order valence-electron chi connectivity index (χ3n) is 6.42. The highest BCUT2D eigenvalue weighted by atomic mass is 28.4. The molecule has 1 heterocycles. The Morgan fingerprint density at radius 2 is 1.83 bits per heavy atom. The van der Waals surface area contributed by atoms with Crippen LogP contribution in [-0.4, -0.2) is 44.4 Å². The fourth-order valence-electron chi connectivity index (χ4n) is 3.47. The molecule has 2 N–H and O–H groups in total. The lowest BCUT2D eigenvalue weighted by molar-refractivity contribution is -0.123. The number of carbonyl (C=O) groups excluding carboxylic acids is 1. The van der Waals surface area contributed by atoms with E-state index in [1.165, 1.54) is 19.3 Å². The standard InChI is InChI=1S/C18H36N2O2Si/c1-17(2,3)23(4,5)22-18(9-6-10-18)11-14-20-12-7-15(8-13-20)16(19)21/h15H,6-14H2,1-5H3,(H2,19,21). The van der Waals surface area contributed by atoms with Crippen LogP contribution in [0.2, 0.25) is 18.1 Å². The second-order valence-corrected chi connectivity index (χ2v) is 13.9. The van der Waals surface area contributed by atoms with Crippen LogP contribution in [0.4, 0.5) is 0 Å². The first-order valence-electron chi connectivity index (χ1n) is 9.27. The first kappa shape index (κ1) is 18.9. The highest BCUT2D eigenvalue weighted by molar-refractivity contribution is 6.74. The number of piperidine rings is 1. The minimum atomic E-state index is -1.70. The zero-order valence-electron chi connectivity index (χ0n) is 15.8. The van der Waals surface area contributed by atoms with Gasteiger partial charge >= 0.3 is 0 Å². The molecule has 4 nitrogen and oxygen atoms in total. The van der Waals surface area contributed by atoms with Crippen LogP contribution in [0.15, 0.2) is 0 Å². The Morgan fingerprint density at radius 1 is 1.26 bits per heavy atom. The minimum Gasteiger partial charge on any atom is -0.411 e. The van der Waals surface area contributed by atoms with Gasteiger partial charge in [-0.2, -0.15) is 0 Å². The molecule has 1 saturated carbocycles. The zero-order chi connectivity index (χ0) is 17.3. The van der Waals surface area contributed by atoms with E-state index in [-0.39, 0.29) is 22.5 Å². The molecular formula is C18H36N2O2Si. The number of nitrogens with two attached hydrogens (primary N) is 1. The van der Waals surface area contributed by atoms with Gasteiger partial charge in [0.2, 0.25) is 5.91 Å². The predicted octanol–water partition coefficient (Wildman–Crippen LogP) is 3.52. The number of hydrogen-bond acceptors (Lipinski definition) is 3. The lowest BCUT2D eigenvalue weighted by Crippen LogP contribution is -2.54. The van der Waals surface area contributed by atoms with Gasteiger partial charge in [-0.05, 0) is 69.7 Å². The van der Waals surface area contributed by atoms with Crippen LogP contribution < -0.4 is 5.73 Å². The van der Waals surface area contributed by atoms with Crippen molar-refractivity contribution in [3.05, 3.63) is 0 Å². The monoisotopic (exact) mass is 340 g/mol. The Hall–Kier alpha value is -0.393. The SMILES string of the molecule is CC(C)(C)[Si](C)(C)OC1(CCN2CCC(C(N)=O)CC2)CCC1. The maximum absolute atomic E-state index is 11.3. The maximum atomic E-state index is 11.3. The molecule has 0 aromatic carbocycles. The number of primary amides is 1. The summed E-state index contributed by atoms with van der Waals surface area (Å²) < 4.78 is 6.81. The van der Waals surface area contributed by atoms with Gasteiger partial charge < -0.3 is 15.1 Å². The van der Waals surface area contributed by atoms with Crippen molar-refractivity contribution in [3.8, 4) is 0 Å². The molecule has 0 spiro atoms. The molecule has 0 unspecified atom stereocenters. The van der Waals surface area contributed by atoms with Crippen LogP contribution in [0.5, 0.6) is 0 Å². The molecule has 1 saturated heterocycles. The molecule has 1 aliphatic carbocycles. The summed E-state index contributed by atoms with van der Waals surface area (Å²) in [4.78, 5) is 13.8. The van der Waals surface area contributed by atoms with E-state index in [0.717, 1.165) is 38.9 Å². The van der Waals surface area contributed by atoms with E-state index in [1.807, 2.05) is 0 Å². The third kappa shape index (κ3) is 4.58. The lowest BCUT2D eigenvalue weighted by Gasteiger charge is -2.51. The summed E-state index contributed by atoms with van der Waals surface area (Å²) in [6.45, 7) is 14.8. The van der Waals surface area contributed by atoms with Gasteiger partial charge in [-0.25, -0.2) is 0 Å². The Bertz CT molecular complexity index is 419. The van der Waals surface area contributed by atoms with E-state index in [0.29, 0.717) is 0 Å². The summed E-state index contributed by atoms with van der Waals surface area (Å²) in [6.07, 6.45) is 6.73. The molecule has 2 fully saturated rings. The van der Waals surface area contributed by atoms with Crippen molar-refractivity contribution in [2.45, 2.75) is 83.0 Å². The van der Waals surface area contributed by atoms with E-state index in [4.69, 9.17) is 10.2 Å².